The fourth-order valence-corrected chi connectivity index (χ4v) is 1.00. The first-order chi connectivity index (χ1) is 4.58. The monoisotopic (exact) mass is 148 g/mol. The molecule has 0 atom stereocenters. The number of alkyl halides is 1. The molecular weight excluding hydrogens is 139 g/mol. The van der Waals surface area contributed by atoms with Gasteiger partial charge in [-0.05, 0) is 0 Å². The minimum absolute atomic E-state index is 0.0150. The summed E-state index contributed by atoms with van der Waals surface area (Å²) < 4.78 is 17.5. The summed E-state index contributed by atoms with van der Waals surface area (Å²) in [6.45, 7) is 0. The van der Waals surface area contributed by atoms with Crippen molar-refractivity contribution in [2.45, 2.75) is 24.6 Å². The quantitative estimate of drug-likeness (QED) is 0.623. The summed E-state index contributed by atoms with van der Waals surface area (Å²) in [5, 5.41) is 8.28. The molecule has 0 aliphatic heterocycles. The Morgan fingerprint density at radius 1 is 1.80 bits per heavy atom. The van der Waals surface area contributed by atoms with E-state index in [4.69, 9.17) is 9.84 Å². The molecule has 0 radical (unpaired) electrons. The van der Waals surface area contributed by atoms with E-state index in [9.17, 15) is 9.18 Å². The smallest absolute Gasteiger partial charge is 0.341 e. The third kappa shape index (κ3) is 0.988. The average molecular weight is 148 g/mol. The van der Waals surface area contributed by atoms with Gasteiger partial charge in [-0.25, -0.2) is 9.18 Å². The maximum absolute atomic E-state index is 12.8. The number of carboxylic acids is 1. The number of rotatable bonds is 2. The topological polar surface area (TPSA) is 46.5 Å². The summed E-state index contributed by atoms with van der Waals surface area (Å²) in [5.74, 6) is -1.37. The Labute approximate surface area is 57.8 Å². The van der Waals surface area contributed by atoms with Crippen molar-refractivity contribution in [1.82, 2.24) is 0 Å². The fraction of sp³-hybridized carbons (Fsp3) is 0.833. The lowest BCUT2D eigenvalue weighted by atomic mass is 9.79. The molecule has 0 aromatic heterocycles. The lowest BCUT2D eigenvalue weighted by Gasteiger charge is -2.36. The molecule has 1 saturated carbocycles. The lowest BCUT2D eigenvalue weighted by Crippen LogP contribution is -2.50. The van der Waals surface area contributed by atoms with Gasteiger partial charge in [-0.3, -0.25) is 0 Å². The standard InChI is InChI=1S/C6H9FO3/c1-10-4-2-6(7,3-4)5(8)9/h4H,2-3H2,1H3,(H,8,9). The van der Waals surface area contributed by atoms with Crippen LogP contribution in [0.15, 0.2) is 0 Å². The summed E-state index contributed by atoms with van der Waals surface area (Å²) >= 11 is 0. The number of ether oxygens (including phenoxy) is 1. The van der Waals surface area contributed by atoms with E-state index in [-0.39, 0.29) is 18.9 Å². The van der Waals surface area contributed by atoms with Gasteiger partial charge in [0, 0.05) is 20.0 Å². The highest BCUT2D eigenvalue weighted by molar-refractivity contribution is 5.78. The Hall–Kier alpha value is -0.640. The predicted molar refractivity (Wildman–Crippen MR) is 31.5 cm³/mol. The summed E-state index contributed by atoms with van der Waals surface area (Å²) in [6, 6.07) is 0. The molecule has 4 heteroatoms. The number of hydrogen-bond donors (Lipinski definition) is 1. The number of hydrogen-bond acceptors (Lipinski definition) is 2. The number of methoxy groups -OCH3 is 1. The Bertz CT molecular complexity index is 151. The zero-order valence-corrected chi connectivity index (χ0v) is 5.63. The Morgan fingerprint density at radius 2 is 2.30 bits per heavy atom. The highest BCUT2D eigenvalue weighted by Crippen LogP contribution is 2.37. The first kappa shape index (κ1) is 7.47. The van der Waals surface area contributed by atoms with Gasteiger partial charge in [0.25, 0.3) is 0 Å². The van der Waals surface area contributed by atoms with E-state index in [1.807, 2.05) is 0 Å². The van der Waals surface area contributed by atoms with Crippen LogP contribution < -0.4 is 0 Å². The van der Waals surface area contributed by atoms with Crippen molar-refractivity contribution in [3.05, 3.63) is 0 Å². The Balaban J connectivity index is 2.42. The van der Waals surface area contributed by atoms with Crippen LogP contribution >= 0.6 is 0 Å². The van der Waals surface area contributed by atoms with Gasteiger partial charge >= 0.3 is 5.97 Å². The van der Waals surface area contributed by atoms with Gasteiger partial charge in [0.2, 0.25) is 5.67 Å². The largest absolute Gasteiger partial charge is 0.479 e. The normalized spacial score (nSPS) is 38.8. The van der Waals surface area contributed by atoms with Gasteiger partial charge in [0.1, 0.15) is 0 Å². The second-order valence-corrected chi connectivity index (χ2v) is 2.54. The molecule has 58 valence electrons. The molecule has 0 heterocycles. The predicted octanol–water partition coefficient (Wildman–Crippen LogP) is 0.588. The molecule has 1 N–H and O–H groups in total. The Morgan fingerprint density at radius 3 is 2.60 bits per heavy atom. The highest BCUT2D eigenvalue weighted by Gasteiger charge is 2.51. The molecule has 10 heavy (non-hydrogen) atoms. The maximum Gasteiger partial charge on any atom is 0.341 e. The third-order valence-corrected chi connectivity index (χ3v) is 1.82. The molecular formula is C6H9FO3. The van der Waals surface area contributed by atoms with E-state index in [0.717, 1.165) is 0 Å². The van der Waals surface area contributed by atoms with Crippen molar-refractivity contribution in [3.8, 4) is 0 Å². The second-order valence-electron chi connectivity index (χ2n) is 2.54. The van der Waals surface area contributed by atoms with Crippen LogP contribution in [0.1, 0.15) is 12.8 Å². The molecule has 1 aliphatic carbocycles. The van der Waals surface area contributed by atoms with Crippen LogP contribution in [0.5, 0.6) is 0 Å². The van der Waals surface area contributed by atoms with Crippen LogP contribution in [0.2, 0.25) is 0 Å². The minimum atomic E-state index is -2.01. The number of carboxylic acid groups (broad SMARTS) is 1. The molecule has 0 amide bonds. The van der Waals surface area contributed by atoms with E-state index in [0.29, 0.717) is 0 Å². The van der Waals surface area contributed by atoms with Crippen LogP contribution in [0.4, 0.5) is 4.39 Å². The first-order valence-corrected chi connectivity index (χ1v) is 3.03. The lowest BCUT2D eigenvalue weighted by molar-refractivity contribution is -0.168. The number of carbonyl (C=O) groups is 1. The van der Waals surface area contributed by atoms with Crippen LogP contribution in [0, 0.1) is 0 Å². The number of aliphatic carboxylic acids is 1. The SMILES string of the molecule is COC1CC(F)(C(=O)O)C1. The zero-order chi connectivity index (χ0) is 7.78. The zero-order valence-electron chi connectivity index (χ0n) is 5.63. The number of halogens is 1. The summed E-state index contributed by atoms with van der Waals surface area (Å²) in [7, 11) is 1.45. The fourth-order valence-electron chi connectivity index (χ4n) is 1.00. The van der Waals surface area contributed by atoms with E-state index in [2.05, 4.69) is 0 Å². The van der Waals surface area contributed by atoms with Gasteiger partial charge in [-0.1, -0.05) is 0 Å². The molecule has 0 saturated heterocycles. The van der Waals surface area contributed by atoms with E-state index >= 15 is 0 Å². The van der Waals surface area contributed by atoms with Crippen molar-refractivity contribution in [2.24, 2.45) is 0 Å². The van der Waals surface area contributed by atoms with Gasteiger partial charge in [-0.15, -0.1) is 0 Å². The van der Waals surface area contributed by atoms with Crippen molar-refractivity contribution in [3.63, 3.8) is 0 Å². The molecule has 0 spiro atoms. The second kappa shape index (κ2) is 2.20. The molecule has 3 nitrogen and oxygen atoms in total. The van der Waals surface area contributed by atoms with Crippen LogP contribution in [0.3, 0.4) is 0 Å². The molecule has 1 rings (SSSR count). The molecule has 0 unspecified atom stereocenters. The summed E-state index contributed by atoms with van der Waals surface area (Å²) in [6.07, 6.45) is -0.237. The van der Waals surface area contributed by atoms with E-state index in [1.165, 1.54) is 7.11 Å². The molecule has 0 bridgehead atoms. The minimum Gasteiger partial charge on any atom is -0.479 e. The van der Waals surface area contributed by atoms with Crippen LogP contribution in [-0.2, 0) is 9.53 Å². The van der Waals surface area contributed by atoms with Gasteiger partial charge in [0.15, 0.2) is 0 Å². The van der Waals surface area contributed by atoms with Crippen LogP contribution in [0.25, 0.3) is 0 Å². The van der Waals surface area contributed by atoms with Crippen LogP contribution in [-0.4, -0.2) is 30.0 Å². The van der Waals surface area contributed by atoms with Gasteiger partial charge < -0.3 is 9.84 Å². The highest BCUT2D eigenvalue weighted by atomic mass is 19.1. The molecule has 1 aliphatic rings. The van der Waals surface area contributed by atoms with Gasteiger partial charge in [0.05, 0.1) is 6.10 Å². The molecule has 0 aromatic carbocycles. The third-order valence-electron chi connectivity index (χ3n) is 1.82. The van der Waals surface area contributed by atoms with E-state index in [1.54, 1.807) is 0 Å². The maximum atomic E-state index is 12.8. The Kier molecular flexibility index (Phi) is 1.64. The first-order valence-electron chi connectivity index (χ1n) is 3.03. The summed E-state index contributed by atoms with van der Waals surface area (Å²) in [4.78, 5) is 10.1. The van der Waals surface area contributed by atoms with Gasteiger partial charge in [-0.2, -0.15) is 0 Å². The molecule has 0 aromatic rings. The van der Waals surface area contributed by atoms with Crippen molar-refractivity contribution in [2.75, 3.05) is 7.11 Å². The van der Waals surface area contributed by atoms with Crippen molar-refractivity contribution < 1.29 is 19.0 Å². The van der Waals surface area contributed by atoms with Crippen molar-refractivity contribution in [1.29, 1.82) is 0 Å². The molecule has 1 fully saturated rings. The summed E-state index contributed by atoms with van der Waals surface area (Å²) in [5.41, 5.74) is -2.01. The van der Waals surface area contributed by atoms with Crippen molar-refractivity contribution >= 4 is 5.97 Å². The van der Waals surface area contributed by atoms with E-state index < -0.39 is 11.6 Å². The average Bonchev–Trinajstić information content (AvgIpc) is 1.80.